The van der Waals surface area contributed by atoms with Crippen molar-refractivity contribution in [2.24, 2.45) is 0 Å². The number of alkyl halides is 1. The van der Waals surface area contributed by atoms with Crippen molar-refractivity contribution in [1.82, 2.24) is 4.98 Å². The van der Waals surface area contributed by atoms with Crippen molar-refractivity contribution in [2.45, 2.75) is 5.88 Å². The van der Waals surface area contributed by atoms with Gasteiger partial charge >= 0.3 is 0 Å². The molecule has 11 heavy (non-hydrogen) atoms. The Kier molecular flexibility index (Phi) is 3.15. The lowest BCUT2D eigenvalue weighted by Gasteiger charge is -2.03. The number of aromatic nitrogens is 1. The van der Waals surface area contributed by atoms with Crippen LogP contribution in [-0.2, 0) is 5.88 Å². The average molecular weight is 236 g/mol. The summed E-state index contributed by atoms with van der Waals surface area (Å²) in [5.74, 6) is 0.999. The van der Waals surface area contributed by atoms with E-state index >= 15 is 0 Å². The fourth-order valence-corrected chi connectivity index (χ4v) is 1.32. The van der Waals surface area contributed by atoms with Crippen LogP contribution in [-0.4, -0.2) is 12.1 Å². The van der Waals surface area contributed by atoms with Gasteiger partial charge < -0.3 is 4.74 Å². The molecule has 0 spiro atoms. The third-order valence-electron chi connectivity index (χ3n) is 1.23. The first kappa shape index (κ1) is 8.81. The summed E-state index contributed by atoms with van der Waals surface area (Å²) in [6, 6.07) is 1.89. The van der Waals surface area contributed by atoms with Crippen molar-refractivity contribution < 1.29 is 4.74 Å². The van der Waals surface area contributed by atoms with Gasteiger partial charge in [0.2, 0.25) is 5.88 Å². The van der Waals surface area contributed by atoms with Gasteiger partial charge in [-0.3, -0.25) is 0 Å². The molecule has 0 N–H and O–H groups in total. The van der Waals surface area contributed by atoms with Gasteiger partial charge in [0.05, 0.1) is 13.0 Å². The molecule has 60 valence electrons. The molecule has 0 fully saturated rings. The standard InChI is InChI=1S/C7H7BrClNO/c1-11-7-5(3-9)2-6(8)4-10-7/h2,4H,3H2,1H3. The molecule has 0 bridgehead atoms. The summed E-state index contributed by atoms with van der Waals surface area (Å²) in [5.41, 5.74) is 0.892. The molecule has 0 aromatic carbocycles. The first-order valence-electron chi connectivity index (χ1n) is 3.02. The molecule has 0 saturated carbocycles. The van der Waals surface area contributed by atoms with E-state index in [-0.39, 0.29) is 0 Å². The molecule has 0 aliphatic carbocycles. The van der Waals surface area contributed by atoms with E-state index in [1.54, 1.807) is 13.3 Å². The topological polar surface area (TPSA) is 22.1 Å². The Labute approximate surface area is 78.7 Å². The van der Waals surface area contributed by atoms with Crippen LogP contribution in [0, 0.1) is 0 Å². The second-order valence-corrected chi connectivity index (χ2v) is 3.14. The van der Waals surface area contributed by atoms with Gasteiger partial charge in [-0.05, 0) is 22.0 Å². The van der Waals surface area contributed by atoms with E-state index in [4.69, 9.17) is 16.3 Å². The Morgan fingerprint density at radius 1 is 1.73 bits per heavy atom. The predicted molar refractivity (Wildman–Crippen MR) is 48.0 cm³/mol. The van der Waals surface area contributed by atoms with Crippen LogP contribution in [0.4, 0.5) is 0 Å². The summed E-state index contributed by atoms with van der Waals surface area (Å²) < 4.78 is 5.89. The minimum atomic E-state index is 0.412. The quantitative estimate of drug-likeness (QED) is 0.737. The van der Waals surface area contributed by atoms with Gasteiger partial charge in [-0.2, -0.15) is 0 Å². The molecular formula is C7H7BrClNO. The minimum absolute atomic E-state index is 0.412. The van der Waals surface area contributed by atoms with E-state index in [0.29, 0.717) is 11.8 Å². The number of nitrogens with zero attached hydrogens (tertiary/aromatic N) is 1. The maximum absolute atomic E-state index is 5.64. The number of rotatable bonds is 2. The van der Waals surface area contributed by atoms with E-state index in [2.05, 4.69) is 20.9 Å². The summed E-state index contributed by atoms with van der Waals surface area (Å²) in [6.07, 6.45) is 1.68. The Hall–Kier alpha value is -0.280. The number of methoxy groups -OCH3 is 1. The molecule has 0 radical (unpaired) electrons. The van der Waals surface area contributed by atoms with E-state index in [1.807, 2.05) is 6.07 Å². The maximum atomic E-state index is 5.64. The van der Waals surface area contributed by atoms with E-state index in [1.165, 1.54) is 0 Å². The molecule has 0 aliphatic rings. The molecule has 4 heteroatoms. The largest absolute Gasteiger partial charge is 0.481 e. The molecule has 0 saturated heterocycles. The Morgan fingerprint density at radius 2 is 2.45 bits per heavy atom. The van der Waals surface area contributed by atoms with Crippen molar-refractivity contribution in [3.8, 4) is 5.88 Å². The van der Waals surface area contributed by atoms with Crippen molar-refractivity contribution in [3.63, 3.8) is 0 Å². The SMILES string of the molecule is COc1ncc(Br)cc1CCl. The predicted octanol–water partition coefficient (Wildman–Crippen LogP) is 2.59. The lowest BCUT2D eigenvalue weighted by Crippen LogP contribution is -1.92. The summed E-state index contributed by atoms with van der Waals surface area (Å²) in [5, 5.41) is 0. The minimum Gasteiger partial charge on any atom is -0.481 e. The van der Waals surface area contributed by atoms with E-state index < -0.39 is 0 Å². The van der Waals surface area contributed by atoms with Gasteiger partial charge in [0.1, 0.15) is 0 Å². The summed E-state index contributed by atoms with van der Waals surface area (Å²) in [6.45, 7) is 0. The second kappa shape index (κ2) is 3.93. The first-order valence-corrected chi connectivity index (χ1v) is 4.35. The molecule has 1 heterocycles. The van der Waals surface area contributed by atoms with Crippen molar-refractivity contribution in [3.05, 3.63) is 22.3 Å². The number of halogens is 2. The molecule has 0 unspecified atom stereocenters. The number of ether oxygens (including phenoxy) is 1. The summed E-state index contributed by atoms with van der Waals surface area (Å²) >= 11 is 8.93. The lowest BCUT2D eigenvalue weighted by molar-refractivity contribution is 0.394. The van der Waals surface area contributed by atoms with Gasteiger partial charge in [0, 0.05) is 16.2 Å². The zero-order valence-corrected chi connectivity index (χ0v) is 8.32. The molecule has 0 aliphatic heterocycles. The molecule has 0 atom stereocenters. The highest BCUT2D eigenvalue weighted by atomic mass is 79.9. The number of pyridine rings is 1. The molecule has 1 aromatic rings. The first-order chi connectivity index (χ1) is 5.27. The second-order valence-electron chi connectivity index (χ2n) is 1.96. The van der Waals surface area contributed by atoms with Gasteiger partial charge in [0.25, 0.3) is 0 Å². The molecule has 1 aromatic heterocycles. The van der Waals surface area contributed by atoms with Crippen LogP contribution >= 0.6 is 27.5 Å². The molecule has 0 amide bonds. The van der Waals surface area contributed by atoms with Crippen LogP contribution in [0.2, 0.25) is 0 Å². The van der Waals surface area contributed by atoms with Crippen molar-refractivity contribution >= 4 is 27.5 Å². The normalized spacial score (nSPS) is 9.73. The van der Waals surface area contributed by atoms with Gasteiger partial charge in [-0.1, -0.05) is 0 Å². The van der Waals surface area contributed by atoms with Crippen molar-refractivity contribution in [1.29, 1.82) is 0 Å². The molecular weight excluding hydrogens is 229 g/mol. The Morgan fingerprint density at radius 3 is 3.00 bits per heavy atom. The summed E-state index contributed by atoms with van der Waals surface area (Å²) in [4.78, 5) is 4.01. The zero-order valence-electron chi connectivity index (χ0n) is 5.97. The van der Waals surface area contributed by atoms with Crippen molar-refractivity contribution in [2.75, 3.05) is 7.11 Å². The summed E-state index contributed by atoms with van der Waals surface area (Å²) in [7, 11) is 1.58. The fraction of sp³-hybridized carbons (Fsp3) is 0.286. The van der Waals surface area contributed by atoms with Crippen LogP contribution in [0.5, 0.6) is 5.88 Å². The average Bonchev–Trinajstić information content (AvgIpc) is 2.04. The van der Waals surface area contributed by atoms with Crippen LogP contribution in [0.25, 0.3) is 0 Å². The third-order valence-corrected chi connectivity index (χ3v) is 1.95. The van der Waals surface area contributed by atoms with Gasteiger partial charge in [-0.25, -0.2) is 4.98 Å². The monoisotopic (exact) mass is 235 g/mol. The van der Waals surface area contributed by atoms with Gasteiger partial charge in [0.15, 0.2) is 0 Å². The van der Waals surface area contributed by atoms with Gasteiger partial charge in [-0.15, -0.1) is 11.6 Å². The van der Waals surface area contributed by atoms with E-state index in [9.17, 15) is 0 Å². The lowest BCUT2D eigenvalue weighted by atomic mass is 10.3. The van der Waals surface area contributed by atoms with Crippen LogP contribution in [0.15, 0.2) is 16.7 Å². The maximum Gasteiger partial charge on any atom is 0.217 e. The van der Waals surface area contributed by atoms with Crippen LogP contribution in [0.1, 0.15) is 5.56 Å². The Bertz CT molecular complexity index is 254. The van der Waals surface area contributed by atoms with E-state index in [0.717, 1.165) is 10.0 Å². The highest BCUT2D eigenvalue weighted by Crippen LogP contribution is 2.20. The fourth-order valence-electron chi connectivity index (χ4n) is 0.748. The zero-order chi connectivity index (χ0) is 8.27. The van der Waals surface area contributed by atoms with Crippen LogP contribution in [0.3, 0.4) is 0 Å². The smallest absolute Gasteiger partial charge is 0.217 e. The highest BCUT2D eigenvalue weighted by molar-refractivity contribution is 9.10. The molecule has 1 rings (SSSR count). The highest BCUT2D eigenvalue weighted by Gasteiger charge is 2.02. The number of hydrogen-bond donors (Lipinski definition) is 0. The number of hydrogen-bond acceptors (Lipinski definition) is 2. The van der Waals surface area contributed by atoms with Crippen LogP contribution < -0.4 is 4.74 Å². The third kappa shape index (κ3) is 2.07. The Balaban J connectivity index is 3.06. The molecule has 2 nitrogen and oxygen atoms in total.